The quantitative estimate of drug-likeness (QED) is 0.787. The molecule has 102 valence electrons. The van der Waals surface area contributed by atoms with Crippen LogP contribution in [-0.4, -0.2) is 20.2 Å². The average Bonchev–Trinajstić information content (AvgIpc) is 2.49. The lowest BCUT2D eigenvalue weighted by molar-refractivity contribution is 0.370. The molecule has 0 fully saturated rings. The molecule has 0 amide bonds. The van der Waals surface area contributed by atoms with Gasteiger partial charge in [0.1, 0.15) is 12.4 Å². The maximum Gasteiger partial charge on any atom is 0.149 e. The number of nitrogens with zero attached hydrogens (tertiary/aromatic N) is 1. The first-order chi connectivity index (χ1) is 9.75. The molecule has 0 saturated carbocycles. The second-order valence-corrected chi connectivity index (χ2v) is 5.20. The Balaban J connectivity index is 1.76. The van der Waals surface area contributed by atoms with E-state index in [-0.39, 0.29) is 0 Å². The van der Waals surface area contributed by atoms with Gasteiger partial charge in [-0.1, -0.05) is 46.0 Å². The molecule has 3 heteroatoms. The van der Waals surface area contributed by atoms with E-state index < -0.39 is 0 Å². The van der Waals surface area contributed by atoms with E-state index in [2.05, 4.69) is 44.8 Å². The summed E-state index contributed by atoms with van der Waals surface area (Å²) < 4.78 is 6.58. The molecule has 2 rings (SSSR count). The number of ether oxygens (including phenoxy) is 1. The molecule has 0 heterocycles. The zero-order chi connectivity index (χ0) is 14.2. The second-order valence-electron chi connectivity index (χ2n) is 4.29. The van der Waals surface area contributed by atoms with Crippen LogP contribution in [0.5, 0.6) is 5.75 Å². The normalized spacial score (nSPS) is 9.50. The first-order valence-corrected chi connectivity index (χ1v) is 7.15. The van der Waals surface area contributed by atoms with Crippen molar-refractivity contribution in [2.75, 3.05) is 25.1 Å². The van der Waals surface area contributed by atoms with Crippen LogP contribution in [0.25, 0.3) is 0 Å². The topological polar surface area (TPSA) is 12.5 Å². The average molecular weight is 330 g/mol. The van der Waals surface area contributed by atoms with Crippen LogP contribution in [0.2, 0.25) is 0 Å². The van der Waals surface area contributed by atoms with Crippen LogP contribution >= 0.6 is 15.9 Å². The molecule has 0 aliphatic rings. The van der Waals surface area contributed by atoms with E-state index in [0.717, 1.165) is 15.9 Å². The summed E-state index contributed by atoms with van der Waals surface area (Å²) in [4.78, 5) is 2.10. The molecule has 0 unspecified atom stereocenters. The molecule has 0 N–H and O–H groups in total. The summed E-state index contributed by atoms with van der Waals surface area (Å²) in [6.45, 7) is 1.10. The van der Waals surface area contributed by atoms with Crippen LogP contribution < -0.4 is 9.64 Å². The van der Waals surface area contributed by atoms with Crippen molar-refractivity contribution in [1.82, 2.24) is 0 Å². The minimum atomic E-state index is 0.407. The highest BCUT2D eigenvalue weighted by molar-refractivity contribution is 9.10. The minimum absolute atomic E-state index is 0.407. The van der Waals surface area contributed by atoms with E-state index in [1.54, 1.807) is 0 Å². The fourth-order valence-electron chi connectivity index (χ4n) is 1.65. The summed E-state index contributed by atoms with van der Waals surface area (Å²) in [5.74, 6) is 6.96. The molecule has 0 atom stereocenters. The third kappa shape index (κ3) is 4.64. The van der Waals surface area contributed by atoms with Crippen molar-refractivity contribution in [3.05, 3.63) is 59.1 Å². The molecule has 2 aromatic carbocycles. The molecule has 0 saturated heterocycles. The van der Waals surface area contributed by atoms with Gasteiger partial charge in [-0.3, -0.25) is 0 Å². The van der Waals surface area contributed by atoms with E-state index >= 15 is 0 Å². The number of halogens is 1. The monoisotopic (exact) mass is 329 g/mol. The first kappa shape index (κ1) is 14.5. The van der Waals surface area contributed by atoms with Crippen molar-refractivity contribution in [3.8, 4) is 17.6 Å². The van der Waals surface area contributed by atoms with E-state index in [0.29, 0.717) is 13.2 Å². The molecular weight excluding hydrogens is 314 g/mol. The molecule has 0 aliphatic heterocycles. The number of anilines is 1. The number of hydrogen-bond acceptors (Lipinski definition) is 2. The highest BCUT2D eigenvalue weighted by Crippen LogP contribution is 2.15. The van der Waals surface area contributed by atoms with Crippen LogP contribution in [0.3, 0.4) is 0 Å². The van der Waals surface area contributed by atoms with E-state index in [9.17, 15) is 0 Å². The third-order valence-electron chi connectivity index (χ3n) is 2.76. The number of benzene rings is 2. The Morgan fingerprint density at radius 3 is 2.40 bits per heavy atom. The zero-order valence-electron chi connectivity index (χ0n) is 11.3. The fraction of sp³-hybridized carbons (Fsp3) is 0.176. The molecule has 0 aromatic heterocycles. The highest BCUT2D eigenvalue weighted by atomic mass is 79.9. The van der Waals surface area contributed by atoms with Crippen molar-refractivity contribution in [2.45, 2.75) is 0 Å². The number of rotatable bonds is 4. The summed E-state index contributed by atoms with van der Waals surface area (Å²) in [6.07, 6.45) is 0. The highest BCUT2D eigenvalue weighted by Gasteiger charge is 1.95. The molecule has 20 heavy (non-hydrogen) atoms. The van der Waals surface area contributed by atoms with Gasteiger partial charge in [-0.15, -0.1) is 0 Å². The fourth-order valence-corrected chi connectivity index (χ4v) is 1.91. The summed E-state index contributed by atoms with van der Waals surface area (Å²) in [6, 6.07) is 17.9. The zero-order valence-corrected chi connectivity index (χ0v) is 12.9. The van der Waals surface area contributed by atoms with Gasteiger partial charge in [0.05, 0.1) is 6.54 Å². The minimum Gasteiger partial charge on any atom is -0.481 e. The maximum absolute atomic E-state index is 5.54. The number of hydrogen-bond donors (Lipinski definition) is 0. The van der Waals surface area contributed by atoms with Gasteiger partial charge in [-0.2, -0.15) is 0 Å². The number of para-hydroxylation sites is 1. The third-order valence-corrected chi connectivity index (χ3v) is 3.29. The summed E-state index contributed by atoms with van der Waals surface area (Å²) in [5.41, 5.74) is 1.16. The van der Waals surface area contributed by atoms with Gasteiger partial charge < -0.3 is 9.64 Å². The first-order valence-electron chi connectivity index (χ1n) is 6.36. The predicted octanol–water partition coefficient (Wildman–Crippen LogP) is 3.97. The lowest BCUT2D eigenvalue weighted by atomic mass is 10.3. The van der Waals surface area contributed by atoms with Crippen LogP contribution in [0.1, 0.15) is 0 Å². The van der Waals surface area contributed by atoms with Crippen LogP contribution in [0.15, 0.2) is 59.1 Å². The molecule has 0 aliphatic carbocycles. The van der Waals surface area contributed by atoms with E-state index in [1.165, 1.54) is 0 Å². The van der Waals surface area contributed by atoms with E-state index in [4.69, 9.17) is 4.74 Å². The van der Waals surface area contributed by atoms with Crippen LogP contribution in [0.4, 0.5) is 5.69 Å². The van der Waals surface area contributed by atoms with Crippen molar-refractivity contribution < 1.29 is 4.74 Å². The Bertz CT molecular complexity index is 584. The molecule has 2 nitrogen and oxygen atoms in total. The van der Waals surface area contributed by atoms with Gasteiger partial charge in [-0.05, 0) is 36.4 Å². The van der Waals surface area contributed by atoms with E-state index in [1.807, 2.05) is 49.5 Å². The smallest absolute Gasteiger partial charge is 0.149 e. The SMILES string of the molecule is CN(CC#CCOc1ccc(Br)cc1)c1ccccc1. The summed E-state index contributed by atoms with van der Waals surface area (Å²) in [5, 5.41) is 0. The summed E-state index contributed by atoms with van der Waals surface area (Å²) in [7, 11) is 2.03. The molecule has 0 bridgehead atoms. The standard InChI is InChI=1S/C17H16BrNO/c1-19(16-7-3-2-4-8-16)13-5-6-14-20-17-11-9-15(18)10-12-17/h2-4,7-12H,13-14H2,1H3. The second kappa shape index (κ2) is 7.62. The Morgan fingerprint density at radius 2 is 1.70 bits per heavy atom. The van der Waals surface area contributed by atoms with Gasteiger partial charge in [0.2, 0.25) is 0 Å². The van der Waals surface area contributed by atoms with Crippen molar-refractivity contribution in [2.24, 2.45) is 0 Å². The molecule has 0 radical (unpaired) electrons. The Labute approximate surface area is 128 Å². The van der Waals surface area contributed by atoms with Crippen molar-refractivity contribution >= 4 is 21.6 Å². The van der Waals surface area contributed by atoms with Gasteiger partial charge in [-0.25, -0.2) is 0 Å². The predicted molar refractivity (Wildman–Crippen MR) is 87.1 cm³/mol. The lowest BCUT2D eigenvalue weighted by Gasteiger charge is -2.15. The Morgan fingerprint density at radius 1 is 1.00 bits per heavy atom. The maximum atomic E-state index is 5.54. The Kier molecular flexibility index (Phi) is 5.52. The van der Waals surface area contributed by atoms with Crippen LogP contribution in [0, 0.1) is 11.8 Å². The van der Waals surface area contributed by atoms with Gasteiger partial charge in [0.25, 0.3) is 0 Å². The molecule has 2 aromatic rings. The molecule has 0 spiro atoms. The molecular formula is C17H16BrNO. The van der Waals surface area contributed by atoms with Crippen molar-refractivity contribution in [1.29, 1.82) is 0 Å². The van der Waals surface area contributed by atoms with Crippen LogP contribution in [-0.2, 0) is 0 Å². The van der Waals surface area contributed by atoms with Gasteiger partial charge in [0.15, 0.2) is 0 Å². The van der Waals surface area contributed by atoms with Gasteiger partial charge >= 0.3 is 0 Å². The van der Waals surface area contributed by atoms with Gasteiger partial charge in [0, 0.05) is 17.2 Å². The summed E-state index contributed by atoms with van der Waals surface area (Å²) >= 11 is 3.39. The Hall–Kier alpha value is -1.92. The lowest BCUT2D eigenvalue weighted by Crippen LogP contribution is -2.16. The van der Waals surface area contributed by atoms with Crippen molar-refractivity contribution in [3.63, 3.8) is 0 Å². The largest absolute Gasteiger partial charge is 0.481 e.